The van der Waals surface area contributed by atoms with E-state index in [1.807, 2.05) is 13.8 Å². The highest BCUT2D eigenvalue weighted by Gasteiger charge is 2.50. The number of aldehydes is 1. The van der Waals surface area contributed by atoms with Gasteiger partial charge in [0.15, 0.2) is 5.65 Å². The van der Waals surface area contributed by atoms with Gasteiger partial charge in [0.2, 0.25) is 0 Å². The lowest BCUT2D eigenvalue weighted by Crippen LogP contribution is -2.44. The first-order valence-corrected chi connectivity index (χ1v) is 10.7. The van der Waals surface area contributed by atoms with E-state index < -0.39 is 0 Å². The zero-order valence-electron chi connectivity index (χ0n) is 16.9. The summed E-state index contributed by atoms with van der Waals surface area (Å²) in [7, 11) is 0. The van der Waals surface area contributed by atoms with Crippen LogP contribution in [0.25, 0.3) is 11.2 Å². The van der Waals surface area contributed by atoms with Crippen molar-refractivity contribution < 1.29 is 4.79 Å². The lowest BCUT2D eigenvalue weighted by Gasteiger charge is -2.49. The van der Waals surface area contributed by atoms with Crippen LogP contribution in [-0.2, 0) is 23.3 Å². The van der Waals surface area contributed by atoms with Crippen LogP contribution in [0.4, 0.5) is 0 Å². The first-order valence-electron chi connectivity index (χ1n) is 10.7. The SMILES string of the molecule is CCCn1c(=O)c2[nH]c(C34CCCC(C=O)(CCC3)C4)nc2n(CCC)c1=O. The number of carbonyl (C=O) groups is 1. The van der Waals surface area contributed by atoms with Gasteiger partial charge in [-0.2, -0.15) is 0 Å². The van der Waals surface area contributed by atoms with Crippen molar-refractivity contribution >= 4 is 17.5 Å². The van der Waals surface area contributed by atoms with Crippen LogP contribution in [0, 0.1) is 5.41 Å². The summed E-state index contributed by atoms with van der Waals surface area (Å²) in [5.74, 6) is 0.795. The minimum absolute atomic E-state index is 0.189. The molecule has 4 rings (SSSR count). The minimum atomic E-state index is -0.280. The molecule has 2 aromatic rings. The average Bonchev–Trinajstić information content (AvgIpc) is 3.15. The van der Waals surface area contributed by atoms with Gasteiger partial charge in [0.25, 0.3) is 5.56 Å². The molecule has 0 aromatic carbocycles. The molecular weight excluding hydrogens is 356 g/mol. The maximum absolute atomic E-state index is 13.0. The molecule has 1 N–H and O–H groups in total. The molecule has 7 heteroatoms. The first-order chi connectivity index (χ1) is 13.5. The average molecular weight is 386 g/mol. The second-order valence-corrected chi connectivity index (χ2v) is 8.82. The fraction of sp³-hybridized carbons (Fsp3) is 0.714. The molecule has 0 atom stereocenters. The van der Waals surface area contributed by atoms with Crippen LogP contribution in [0.1, 0.15) is 77.5 Å². The van der Waals surface area contributed by atoms with Crippen molar-refractivity contribution in [1.82, 2.24) is 19.1 Å². The molecule has 0 unspecified atom stereocenters. The molecule has 2 aliphatic rings. The van der Waals surface area contributed by atoms with Crippen molar-refractivity contribution in [2.75, 3.05) is 0 Å². The molecule has 152 valence electrons. The molecule has 2 bridgehead atoms. The highest BCUT2D eigenvalue weighted by atomic mass is 16.2. The van der Waals surface area contributed by atoms with Crippen molar-refractivity contribution in [3.05, 3.63) is 26.7 Å². The van der Waals surface area contributed by atoms with E-state index in [9.17, 15) is 14.4 Å². The van der Waals surface area contributed by atoms with Crippen LogP contribution in [0.5, 0.6) is 0 Å². The molecule has 0 spiro atoms. The molecule has 2 aromatic heterocycles. The van der Waals surface area contributed by atoms with Crippen molar-refractivity contribution in [3.8, 4) is 0 Å². The van der Waals surface area contributed by atoms with Gasteiger partial charge in [-0.15, -0.1) is 0 Å². The van der Waals surface area contributed by atoms with Crippen LogP contribution >= 0.6 is 0 Å². The number of nitrogens with zero attached hydrogens (tertiary/aromatic N) is 3. The van der Waals surface area contributed by atoms with Gasteiger partial charge in [-0.1, -0.05) is 26.7 Å². The van der Waals surface area contributed by atoms with Gasteiger partial charge in [-0.3, -0.25) is 13.9 Å². The number of H-pyrrole nitrogens is 1. The zero-order chi connectivity index (χ0) is 19.9. The second kappa shape index (κ2) is 7.01. The Morgan fingerprint density at radius 3 is 2.29 bits per heavy atom. The van der Waals surface area contributed by atoms with Gasteiger partial charge >= 0.3 is 5.69 Å². The summed E-state index contributed by atoms with van der Waals surface area (Å²) >= 11 is 0. The second-order valence-electron chi connectivity index (χ2n) is 8.82. The maximum atomic E-state index is 13.0. The zero-order valence-corrected chi connectivity index (χ0v) is 16.9. The molecule has 2 aliphatic carbocycles. The third-order valence-electron chi connectivity index (χ3n) is 6.86. The van der Waals surface area contributed by atoms with E-state index in [-0.39, 0.29) is 22.1 Å². The number of aromatic amines is 1. The Morgan fingerprint density at radius 2 is 1.68 bits per heavy atom. The summed E-state index contributed by atoms with van der Waals surface area (Å²) in [6.45, 7) is 4.92. The van der Waals surface area contributed by atoms with Gasteiger partial charge < -0.3 is 9.78 Å². The minimum Gasteiger partial charge on any atom is -0.336 e. The number of carbonyl (C=O) groups excluding carboxylic acids is 1. The fourth-order valence-electron chi connectivity index (χ4n) is 5.58. The third-order valence-corrected chi connectivity index (χ3v) is 6.86. The van der Waals surface area contributed by atoms with Crippen molar-refractivity contribution in [1.29, 1.82) is 0 Å². The number of imidazole rings is 1. The summed E-state index contributed by atoms with van der Waals surface area (Å²) < 4.78 is 2.97. The number of nitrogens with one attached hydrogen (secondary N) is 1. The molecule has 0 amide bonds. The van der Waals surface area contributed by atoms with Gasteiger partial charge in [0, 0.05) is 23.9 Å². The van der Waals surface area contributed by atoms with Gasteiger partial charge in [-0.05, 0) is 44.9 Å². The lowest BCUT2D eigenvalue weighted by atomic mass is 9.55. The van der Waals surface area contributed by atoms with Crippen molar-refractivity contribution in [2.45, 2.75) is 90.1 Å². The van der Waals surface area contributed by atoms with Crippen LogP contribution in [0.2, 0.25) is 0 Å². The summed E-state index contributed by atoms with van der Waals surface area (Å²) in [5, 5.41) is 0. The molecule has 28 heavy (non-hydrogen) atoms. The van der Waals surface area contributed by atoms with E-state index in [0.29, 0.717) is 24.3 Å². The highest BCUT2D eigenvalue weighted by molar-refractivity contribution is 5.70. The topological polar surface area (TPSA) is 89.8 Å². The lowest BCUT2D eigenvalue weighted by molar-refractivity contribution is -0.121. The first kappa shape index (κ1) is 19.2. The smallest absolute Gasteiger partial charge is 0.332 e. The van der Waals surface area contributed by atoms with E-state index in [1.165, 1.54) is 4.57 Å². The molecular formula is C21H30N4O3. The molecule has 0 aliphatic heterocycles. The van der Waals surface area contributed by atoms with E-state index >= 15 is 0 Å². The van der Waals surface area contributed by atoms with Crippen LogP contribution in [0.3, 0.4) is 0 Å². The number of aryl methyl sites for hydroxylation is 1. The molecule has 2 fully saturated rings. The Hall–Kier alpha value is -2.18. The van der Waals surface area contributed by atoms with E-state index in [2.05, 4.69) is 4.98 Å². The standard InChI is InChI=1S/C21H30N4O3/c1-3-11-24-16-15(17(27)25(12-4-2)19(24)28)22-18(23-16)21-9-5-7-20(13-21,14-26)8-6-10-21/h14H,3-13H2,1-2H3,(H,22,23). The summed E-state index contributed by atoms with van der Waals surface area (Å²) in [5.41, 5.74) is -0.0870. The van der Waals surface area contributed by atoms with E-state index in [1.54, 1.807) is 4.57 Å². The van der Waals surface area contributed by atoms with Crippen molar-refractivity contribution in [2.24, 2.45) is 5.41 Å². The predicted molar refractivity (Wildman–Crippen MR) is 108 cm³/mol. The third kappa shape index (κ3) is 2.78. The largest absolute Gasteiger partial charge is 0.336 e. The summed E-state index contributed by atoms with van der Waals surface area (Å²) in [4.78, 5) is 45.9. The molecule has 2 saturated carbocycles. The Morgan fingerprint density at radius 1 is 1.04 bits per heavy atom. The maximum Gasteiger partial charge on any atom is 0.332 e. The number of hydrogen-bond donors (Lipinski definition) is 1. The molecule has 0 radical (unpaired) electrons. The number of hydrogen-bond acceptors (Lipinski definition) is 4. The molecule has 7 nitrogen and oxygen atoms in total. The van der Waals surface area contributed by atoms with Crippen molar-refractivity contribution in [3.63, 3.8) is 0 Å². The fourth-order valence-corrected chi connectivity index (χ4v) is 5.58. The number of aromatic nitrogens is 4. The number of rotatable bonds is 6. The summed E-state index contributed by atoms with van der Waals surface area (Å²) in [6.07, 6.45) is 9.31. The predicted octanol–water partition coefficient (Wildman–Crippen LogP) is 2.89. The Bertz CT molecular complexity index is 1000. The summed E-state index contributed by atoms with van der Waals surface area (Å²) in [6, 6.07) is 0. The Kier molecular flexibility index (Phi) is 4.79. The monoisotopic (exact) mass is 386 g/mol. The van der Waals surface area contributed by atoms with Crippen LogP contribution < -0.4 is 11.2 Å². The number of fused-ring (bicyclic) bond motifs is 3. The van der Waals surface area contributed by atoms with Gasteiger partial charge in [0.05, 0.1) is 0 Å². The quantitative estimate of drug-likeness (QED) is 0.773. The van der Waals surface area contributed by atoms with E-state index in [0.717, 1.165) is 69.9 Å². The van der Waals surface area contributed by atoms with Crippen LogP contribution in [-0.4, -0.2) is 25.4 Å². The molecule has 0 saturated heterocycles. The Balaban J connectivity index is 1.91. The van der Waals surface area contributed by atoms with Gasteiger partial charge in [-0.25, -0.2) is 9.78 Å². The molecule has 2 heterocycles. The normalized spacial score (nSPS) is 27.2. The van der Waals surface area contributed by atoms with Gasteiger partial charge in [0.1, 0.15) is 17.6 Å². The van der Waals surface area contributed by atoms with Crippen LogP contribution in [0.15, 0.2) is 9.59 Å². The van der Waals surface area contributed by atoms with E-state index in [4.69, 9.17) is 4.98 Å². The Labute approximate surface area is 164 Å². The highest BCUT2D eigenvalue weighted by Crippen LogP contribution is 2.55.